The second-order valence-corrected chi connectivity index (χ2v) is 4.48. The predicted octanol–water partition coefficient (Wildman–Crippen LogP) is 0.324. The number of ether oxygens (including phenoxy) is 1. The van der Waals surface area contributed by atoms with Crippen LogP contribution in [0.15, 0.2) is 29.3 Å². The number of phenols is 1. The van der Waals surface area contributed by atoms with E-state index in [9.17, 15) is 9.90 Å². The lowest BCUT2D eigenvalue weighted by molar-refractivity contribution is 0.0954. The third kappa shape index (κ3) is 6.94. The molecule has 0 bridgehead atoms. The number of rotatable bonds is 8. The van der Waals surface area contributed by atoms with Crippen LogP contribution in [0.1, 0.15) is 17.3 Å². The Hall–Kier alpha value is -2.28. The van der Waals surface area contributed by atoms with Gasteiger partial charge in [0.15, 0.2) is 5.96 Å². The Labute approximate surface area is 130 Å². The highest BCUT2D eigenvalue weighted by Gasteiger charge is 2.04. The number of methoxy groups -OCH3 is 1. The predicted molar refractivity (Wildman–Crippen MR) is 86.3 cm³/mol. The van der Waals surface area contributed by atoms with Gasteiger partial charge < -0.3 is 25.8 Å². The van der Waals surface area contributed by atoms with Crippen LogP contribution >= 0.6 is 0 Å². The van der Waals surface area contributed by atoms with Gasteiger partial charge in [-0.3, -0.25) is 9.79 Å². The Morgan fingerprint density at radius 3 is 2.50 bits per heavy atom. The summed E-state index contributed by atoms with van der Waals surface area (Å²) in [6, 6.07) is 6.13. The molecule has 0 aromatic heterocycles. The van der Waals surface area contributed by atoms with E-state index in [1.807, 2.05) is 6.92 Å². The van der Waals surface area contributed by atoms with Crippen molar-refractivity contribution in [2.75, 3.05) is 39.9 Å². The van der Waals surface area contributed by atoms with Crippen molar-refractivity contribution in [1.82, 2.24) is 16.0 Å². The maximum atomic E-state index is 11.9. The summed E-state index contributed by atoms with van der Waals surface area (Å²) in [7, 11) is 1.63. The van der Waals surface area contributed by atoms with E-state index in [2.05, 4.69) is 20.9 Å². The fourth-order valence-electron chi connectivity index (χ4n) is 1.66. The maximum Gasteiger partial charge on any atom is 0.251 e. The molecule has 22 heavy (non-hydrogen) atoms. The van der Waals surface area contributed by atoms with E-state index in [0.29, 0.717) is 37.8 Å². The molecule has 1 amide bonds. The van der Waals surface area contributed by atoms with E-state index in [0.717, 1.165) is 6.54 Å². The van der Waals surface area contributed by atoms with Gasteiger partial charge >= 0.3 is 0 Å². The van der Waals surface area contributed by atoms with Crippen LogP contribution in [0, 0.1) is 0 Å². The molecule has 0 aliphatic carbocycles. The number of carbonyl (C=O) groups excluding carboxylic acids is 1. The molecule has 0 heterocycles. The Kier molecular flexibility index (Phi) is 8.44. The van der Waals surface area contributed by atoms with Gasteiger partial charge in [0.2, 0.25) is 0 Å². The number of amides is 1. The molecular weight excluding hydrogens is 284 g/mol. The monoisotopic (exact) mass is 308 g/mol. The average Bonchev–Trinajstić information content (AvgIpc) is 2.52. The molecule has 1 rings (SSSR count). The zero-order valence-corrected chi connectivity index (χ0v) is 13.1. The van der Waals surface area contributed by atoms with Crippen molar-refractivity contribution >= 4 is 11.9 Å². The van der Waals surface area contributed by atoms with E-state index in [4.69, 9.17) is 4.74 Å². The second-order valence-electron chi connectivity index (χ2n) is 4.48. The lowest BCUT2D eigenvalue weighted by Crippen LogP contribution is -2.41. The molecule has 0 saturated heterocycles. The summed E-state index contributed by atoms with van der Waals surface area (Å²) >= 11 is 0. The van der Waals surface area contributed by atoms with Crippen LogP contribution in [0.5, 0.6) is 5.75 Å². The molecule has 0 aliphatic heterocycles. The number of hydrogen-bond donors (Lipinski definition) is 4. The highest BCUT2D eigenvalue weighted by Crippen LogP contribution is 2.08. The minimum Gasteiger partial charge on any atom is -0.508 e. The van der Waals surface area contributed by atoms with Gasteiger partial charge in [-0.25, -0.2) is 0 Å². The lowest BCUT2D eigenvalue weighted by atomic mass is 10.2. The van der Waals surface area contributed by atoms with Crippen molar-refractivity contribution in [2.24, 2.45) is 4.99 Å². The Morgan fingerprint density at radius 1 is 1.18 bits per heavy atom. The molecule has 1 aromatic carbocycles. The van der Waals surface area contributed by atoms with Crippen molar-refractivity contribution in [3.05, 3.63) is 29.8 Å². The highest BCUT2D eigenvalue weighted by molar-refractivity contribution is 5.94. The summed E-state index contributed by atoms with van der Waals surface area (Å²) < 4.78 is 4.95. The van der Waals surface area contributed by atoms with Gasteiger partial charge in [-0.2, -0.15) is 0 Å². The molecule has 0 radical (unpaired) electrons. The van der Waals surface area contributed by atoms with Gasteiger partial charge in [0, 0.05) is 32.3 Å². The first-order valence-corrected chi connectivity index (χ1v) is 7.25. The minimum absolute atomic E-state index is 0.140. The molecule has 0 atom stereocenters. The number of aromatic hydroxyl groups is 1. The van der Waals surface area contributed by atoms with Gasteiger partial charge in [-0.15, -0.1) is 0 Å². The SMILES string of the molecule is CCNC(=NCCOC)NCCNC(=O)c1ccc(O)cc1. The summed E-state index contributed by atoms with van der Waals surface area (Å²) in [5.74, 6) is 0.655. The fourth-order valence-corrected chi connectivity index (χ4v) is 1.66. The molecular formula is C15H24N4O3. The molecule has 4 N–H and O–H groups in total. The van der Waals surface area contributed by atoms with E-state index >= 15 is 0 Å². The van der Waals surface area contributed by atoms with Gasteiger partial charge in [-0.1, -0.05) is 0 Å². The van der Waals surface area contributed by atoms with Crippen LogP contribution in [0.3, 0.4) is 0 Å². The smallest absolute Gasteiger partial charge is 0.251 e. The summed E-state index contributed by atoms with van der Waals surface area (Å²) in [5.41, 5.74) is 0.512. The quantitative estimate of drug-likeness (QED) is 0.315. The molecule has 7 heteroatoms. The number of nitrogens with zero attached hydrogens (tertiary/aromatic N) is 1. The van der Waals surface area contributed by atoms with E-state index in [1.165, 1.54) is 12.1 Å². The largest absolute Gasteiger partial charge is 0.508 e. The van der Waals surface area contributed by atoms with Crippen molar-refractivity contribution in [2.45, 2.75) is 6.92 Å². The van der Waals surface area contributed by atoms with Crippen molar-refractivity contribution in [3.63, 3.8) is 0 Å². The molecule has 0 aliphatic rings. The fraction of sp³-hybridized carbons (Fsp3) is 0.467. The normalized spacial score (nSPS) is 11.1. The zero-order chi connectivity index (χ0) is 16.2. The van der Waals surface area contributed by atoms with Crippen LogP contribution in [0.25, 0.3) is 0 Å². The number of guanidine groups is 1. The van der Waals surface area contributed by atoms with Crippen LogP contribution in [-0.2, 0) is 4.74 Å². The Balaban J connectivity index is 2.31. The van der Waals surface area contributed by atoms with Crippen LogP contribution < -0.4 is 16.0 Å². The third-order valence-electron chi connectivity index (χ3n) is 2.74. The topological polar surface area (TPSA) is 95.0 Å². The Bertz CT molecular complexity index is 474. The molecule has 0 unspecified atom stereocenters. The molecule has 0 fully saturated rings. The maximum absolute atomic E-state index is 11.9. The van der Waals surface area contributed by atoms with E-state index in [-0.39, 0.29) is 11.7 Å². The van der Waals surface area contributed by atoms with Gasteiger partial charge in [0.05, 0.1) is 13.2 Å². The van der Waals surface area contributed by atoms with Crippen molar-refractivity contribution in [1.29, 1.82) is 0 Å². The van der Waals surface area contributed by atoms with Gasteiger partial charge in [0.1, 0.15) is 5.75 Å². The number of aliphatic imine (C=N–C) groups is 1. The van der Waals surface area contributed by atoms with Crippen LogP contribution in [-0.4, -0.2) is 56.9 Å². The zero-order valence-electron chi connectivity index (χ0n) is 13.1. The molecule has 122 valence electrons. The standard InChI is InChI=1S/C15H24N4O3/c1-3-16-15(19-10-11-22-2)18-9-8-17-14(21)12-4-6-13(20)7-5-12/h4-7,20H,3,8-11H2,1-2H3,(H,17,21)(H2,16,18,19). The first-order valence-electron chi connectivity index (χ1n) is 7.25. The number of nitrogens with one attached hydrogen (secondary N) is 3. The molecule has 0 spiro atoms. The van der Waals surface area contributed by atoms with Crippen LogP contribution in [0.2, 0.25) is 0 Å². The van der Waals surface area contributed by atoms with Crippen LogP contribution in [0.4, 0.5) is 0 Å². The number of phenolic OH excluding ortho intramolecular Hbond substituents is 1. The number of hydrogen-bond acceptors (Lipinski definition) is 4. The first kappa shape index (κ1) is 17.8. The summed E-state index contributed by atoms with van der Waals surface area (Å²) in [5, 5.41) is 18.2. The summed E-state index contributed by atoms with van der Waals surface area (Å²) in [6.07, 6.45) is 0. The average molecular weight is 308 g/mol. The molecule has 7 nitrogen and oxygen atoms in total. The van der Waals surface area contributed by atoms with Crippen molar-refractivity contribution in [3.8, 4) is 5.75 Å². The summed E-state index contributed by atoms with van der Waals surface area (Å²) in [6.45, 7) is 4.91. The second kappa shape index (κ2) is 10.4. The minimum atomic E-state index is -0.178. The third-order valence-corrected chi connectivity index (χ3v) is 2.74. The number of benzene rings is 1. The Morgan fingerprint density at radius 2 is 1.86 bits per heavy atom. The van der Waals surface area contributed by atoms with E-state index in [1.54, 1.807) is 19.2 Å². The first-order chi connectivity index (χ1) is 10.7. The molecule has 1 aromatic rings. The highest BCUT2D eigenvalue weighted by atomic mass is 16.5. The lowest BCUT2D eigenvalue weighted by Gasteiger charge is -2.11. The van der Waals surface area contributed by atoms with Crippen molar-refractivity contribution < 1.29 is 14.6 Å². The van der Waals surface area contributed by atoms with Gasteiger partial charge in [0.25, 0.3) is 5.91 Å². The summed E-state index contributed by atoms with van der Waals surface area (Å²) in [4.78, 5) is 16.2. The van der Waals surface area contributed by atoms with E-state index < -0.39 is 0 Å². The number of carbonyl (C=O) groups is 1. The van der Waals surface area contributed by atoms with Gasteiger partial charge in [-0.05, 0) is 31.2 Å². The molecule has 0 saturated carbocycles.